The molecule has 1 N–H and O–H groups in total. The molecule has 0 unspecified atom stereocenters. The molecule has 2 amide bonds. The number of hydrogen-bond acceptors (Lipinski definition) is 3. The second-order valence-electron chi connectivity index (χ2n) is 6.59. The van der Waals surface area contributed by atoms with Gasteiger partial charge in [0.1, 0.15) is 5.82 Å². The van der Waals surface area contributed by atoms with Crippen molar-refractivity contribution in [3.8, 4) is 11.3 Å². The van der Waals surface area contributed by atoms with Crippen molar-refractivity contribution in [3.05, 3.63) is 59.9 Å². The first kappa shape index (κ1) is 17.4. The predicted octanol–water partition coefficient (Wildman–Crippen LogP) is 4.21. The Hall–Kier alpha value is -2.99. The van der Waals surface area contributed by atoms with Crippen LogP contribution in [-0.2, 0) is 4.74 Å². The molecular formula is C21H20FN3O2. The summed E-state index contributed by atoms with van der Waals surface area (Å²) in [5.41, 5.74) is 4.23. The lowest BCUT2D eigenvalue weighted by Crippen LogP contribution is -2.43. The Morgan fingerprint density at radius 3 is 2.70 bits per heavy atom. The molecule has 0 atom stereocenters. The van der Waals surface area contributed by atoms with Gasteiger partial charge in [0.2, 0.25) is 0 Å². The summed E-state index contributed by atoms with van der Waals surface area (Å²) < 4.78 is 18.6. The van der Waals surface area contributed by atoms with Gasteiger partial charge in [-0.2, -0.15) is 0 Å². The summed E-state index contributed by atoms with van der Waals surface area (Å²) >= 11 is 0. The van der Waals surface area contributed by atoms with Crippen LogP contribution in [0.25, 0.3) is 22.2 Å². The Bertz CT molecular complexity index is 1000. The van der Waals surface area contributed by atoms with Gasteiger partial charge in [0.05, 0.1) is 24.4 Å². The Labute approximate surface area is 156 Å². The van der Waals surface area contributed by atoms with Gasteiger partial charge in [0.25, 0.3) is 0 Å². The fraction of sp³-hybridized carbons (Fsp3) is 0.238. The van der Waals surface area contributed by atoms with Crippen LogP contribution in [0, 0.1) is 12.7 Å². The largest absolute Gasteiger partial charge is 0.378 e. The number of nitrogens with one attached hydrogen (secondary N) is 1. The number of ether oxygens (including phenoxy) is 1. The van der Waals surface area contributed by atoms with Crippen molar-refractivity contribution in [3.63, 3.8) is 0 Å². The predicted molar refractivity (Wildman–Crippen MR) is 103 cm³/mol. The molecule has 1 fully saturated rings. The van der Waals surface area contributed by atoms with Gasteiger partial charge in [-0.05, 0) is 48.9 Å². The van der Waals surface area contributed by atoms with E-state index in [-0.39, 0.29) is 11.8 Å². The first-order valence-electron chi connectivity index (χ1n) is 8.91. The molecular weight excluding hydrogens is 345 g/mol. The lowest BCUT2D eigenvalue weighted by molar-refractivity contribution is 0.0564. The number of aryl methyl sites for hydroxylation is 1. The summed E-state index contributed by atoms with van der Waals surface area (Å²) in [5.74, 6) is -0.270. The molecule has 1 saturated heterocycles. The zero-order chi connectivity index (χ0) is 18.8. The smallest absolute Gasteiger partial charge is 0.322 e. The van der Waals surface area contributed by atoms with E-state index in [4.69, 9.17) is 4.74 Å². The number of anilines is 1. The van der Waals surface area contributed by atoms with Crippen molar-refractivity contribution >= 4 is 22.6 Å². The highest BCUT2D eigenvalue weighted by Crippen LogP contribution is 2.26. The number of halogens is 1. The standard InChI is InChI=1S/C21H20FN3O2/c1-14-12-15(19-6-3-16-13-17(22)4-7-20(16)23-19)2-5-18(14)24-21(26)25-8-10-27-11-9-25/h2-7,12-13H,8-11H2,1H3,(H,24,26). The van der Waals surface area contributed by atoms with Crippen molar-refractivity contribution in [2.75, 3.05) is 31.6 Å². The minimum Gasteiger partial charge on any atom is -0.378 e. The molecule has 27 heavy (non-hydrogen) atoms. The monoisotopic (exact) mass is 365 g/mol. The molecule has 0 saturated carbocycles. The van der Waals surface area contributed by atoms with Crippen LogP contribution in [0.15, 0.2) is 48.5 Å². The van der Waals surface area contributed by atoms with E-state index in [1.54, 1.807) is 11.0 Å². The van der Waals surface area contributed by atoms with Crippen molar-refractivity contribution in [2.45, 2.75) is 6.92 Å². The van der Waals surface area contributed by atoms with E-state index in [0.717, 1.165) is 33.4 Å². The van der Waals surface area contributed by atoms with E-state index < -0.39 is 0 Å². The second-order valence-corrected chi connectivity index (χ2v) is 6.59. The van der Waals surface area contributed by atoms with Gasteiger partial charge in [-0.25, -0.2) is 14.2 Å². The van der Waals surface area contributed by atoms with Gasteiger partial charge in [-0.3, -0.25) is 0 Å². The lowest BCUT2D eigenvalue weighted by atomic mass is 10.1. The maximum Gasteiger partial charge on any atom is 0.322 e. The quantitative estimate of drug-likeness (QED) is 0.740. The van der Waals surface area contributed by atoms with Crippen LogP contribution in [0.1, 0.15) is 5.56 Å². The minimum atomic E-state index is -0.270. The number of pyridine rings is 1. The molecule has 3 aromatic rings. The summed E-state index contributed by atoms with van der Waals surface area (Å²) in [6.45, 7) is 4.30. The maximum absolute atomic E-state index is 13.3. The maximum atomic E-state index is 13.3. The molecule has 1 aliphatic rings. The van der Waals surface area contributed by atoms with Crippen LogP contribution >= 0.6 is 0 Å². The fourth-order valence-corrected chi connectivity index (χ4v) is 3.18. The van der Waals surface area contributed by atoms with E-state index in [9.17, 15) is 9.18 Å². The molecule has 2 aromatic carbocycles. The molecule has 0 bridgehead atoms. The number of amides is 2. The third-order valence-electron chi connectivity index (χ3n) is 4.71. The number of urea groups is 1. The molecule has 4 rings (SSSR count). The number of hydrogen-bond donors (Lipinski definition) is 1. The summed E-state index contributed by atoms with van der Waals surface area (Å²) in [6, 6.07) is 14.0. The highest BCUT2D eigenvalue weighted by molar-refractivity contribution is 5.91. The summed E-state index contributed by atoms with van der Waals surface area (Å²) in [4.78, 5) is 18.7. The summed E-state index contributed by atoms with van der Waals surface area (Å²) in [6.07, 6.45) is 0. The average molecular weight is 365 g/mol. The summed E-state index contributed by atoms with van der Waals surface area (Å²) in [7, 11) is 0. The Morgan fingerprint density at radius 1 is 1.11 bits per heavy atom. The lowest BCUT2D eigenvalue weighted by Gasteiger charge is -2.27. The van der Waals surface area contributed by atoms with Crippen LogP contribution in [0.4, 0.5) is 14.9 Å². The van der Waals surface area contributed by atoms with Gasteiger partial charge in [0, 0.05) is 29.7 Å². The van der Waals surface area contributed by atoms with Crippen LogP contribution in [0.5, 0.6) is 0 Å². The Kier molecular flexibility index (Phi) is 4.73. The molecule has 0 radical (unpaired) electrons. The van der Waals surface area contributed by atoms with Crippen LogP contribution in [0.2, 0.25) is 0 Å². The normalized spacial score (nSPS) is 14.4. The van der Waals surface area contributed by atoms with Crippen LogP contribution in [-0.4, -0.2) is 42.2 Å². The number of benzene rings is 2. The number of rotatable bonds is 2. The van der Waals surface area contributed by atoms with Crippen molar-refractivity contribution in [1.82, 2.24) is 9.88 Å². The average Bonchev–Trinajstić information content (AvgIpc) is 2.69. The Balaban J connectivity index is 1.56. The number of carbonyl (C=O) groups is 1. The highest BCUT2D eigenvalue weighted by Gasteiger charge is 2.17. The molecule has 6 heteroatoms. The highest BCUT2D eigenvalue weighted by atomic mass is 19.1. The molecule has 1 aliphatic heterocycles. The summed E-state index contributed by atoms with van der Waals surface area (Å²) in [5, 5.41) is 3.73. The molecule has 138 valence electrons. The zero-order valence-electron chi connectivity index (χ0n) is 15.0. The van der Waals surface area contributed by atoms with Crippen molar-refractivity contribution in [1.29, 1.82) is 0 Å². The SMILES string of the molecule is Cc1cc(-c2ccc3cc(F)ccc3n2)ccc1NC(=O)N1CCOCC1. The molecule has 2 heterocycles. The number of morpholine rings is 1. The zero-order valence-corrected chi connectivity index (χ0v) is 15.0. The topological polar surface area (TPSA) is 54.5 Å². The molecule has 0 aliphatic carbocycles. The van der Waals surface area contributed by atoms with E-state index in [2.05, 4.69) is 10.3 Å². The number of carbonyl (C=O) groups excluding carboxylic acids is 1. The molecule has 5 nitrogen and oxygen atoms in total. The number of nitrogens with zero attached hydrogens (tertiary/aromatic N) is 2. The third kappa shape index (κ3) is 3.75. The van der Waals surface area contributed by atoms with Crippen molar-refractivity contribution < 1.29 is 13.9 Å². The van der Waals surface area contributed by atoms with Gasteiger partial charge < -0.3 is 15.0 Å². The van der Waals surface area contributed by atoms with Crippen LogP contribution in [0.3, 0.4) is 0 Å². The number of fused-ring (bicyclic) bond motifs is 1. The van der Waals surface area contributed by atoms with Gasteiger partial charge in [-0.1, -0.05) is 12.1 Å². The van der Waals surface area contributed by atoms with Gasteiger partial charge in [0.15, 0.2) is 0 Å². The number of aromatic nitrogens is 1. The molecule has 1 aromatic heterocycles. The van der Waals surface area contributed by atoms with Crippen LogP contribution < -0.4 is 5.32 Å². The minimum absolute atomic E-state index is 0.111. The van der Waals surface area contributed by atoms with E-state index in [1.807, 2.05) is 37.3 Å². The third-order valence-corrected chi connectivity index (χ3v) is 4.71. The Morgan fingerprint density at radius 2 is 1.93 bits per heavy atom. The van der Waals surface area contributed by atoms with Crippen molar-refractivity contribution in [2.24, 2.45) is 0 Å². The van der Waals surface area contributed by atoms with Gasteiger partial charge >= 0.3 is 6.03 Å². The van der Waals surface area contributed by atoms with E-state index in [0.29, 0.717) is 26.3 Å². The first-order chi connectivity index (χ1) is 13.1. The molecule has 0 spiro atoms. The fourth-order valence-electron chi connectivity index (χ4n) is 3.18. The van der Waals surface area contributed by atoms with E-state index in [1.165, 1.54) is 12.1 Å². The van der Waals surface area contributed by atoms with E-state index >= 15 is 0 Å². The first-order valence-corrected chi connectivity index (χ1v) is 8.91. The second kappa shape index (κ2) is 7.32. The van der Waals surface area contributed by atoms with Gasteiger partial charge in [-0.15, -0.1) is 0 Å².